The van der Waals surface area contributed by atoms with E-state index in [1.807, 2.05) is 0 Å². The number of amides is 2. The first kappa shape index (κ1) is 17.1. The van der Waals surface area contributed by atoms with E-state index in [0.717, 1.165) is 0 Å². The summed E-state index contributed by atoms with van der Waals surface area (Å²) in [5.41, 5.74) is 2.97. The van der Waals surface area contributed by atoms with E-state index in [9.17, 15) is 19.1 Å². The van der Waals surface area contributed by atoms with Gasteiger partial charge in [-0.15, -0.1) is 0 Å². The second kappa shape index (κ2) is 8.42. The van der Waals surface area contributed by atoms with Crippen LogP contribution < -0.4 is 10.7 Å². The third-order valence-electron chi connectivity index (χ3n) is 3.00. The number of aromatic hydroxyl groups is 1. The predicted octanol–water partition coefficient (Wildman–Crippen LogP) is 2.40. The van der Waals surface area contributed by atoms with Crippen molar-refractivity contribution in [3.8, 4) is 5.75 Å². The summed E-state index contributed by atoms with van der Waals surface area (Å²) in [5, 5.41) is 15.4. The molecule has 2 rings (SSSR count). The van der Waals surface area contributed by atoms with Crippen molar-refractivity contribution in [3.63, 3.8) is 0 Å². The monoisotopic (exact) mass is 329 g/mol. The van der Waals surface area contributed by atoms with E-state index in [1.54, 1.807) is 18.2 Å². The predicted molar refractivity (Wildman–Crippen MR) is 88.1 cm³/mol. The smallest absolute Gasteiger partial charge is 0.240 e. The Morgan fingerprint density at radius 1 is 1.08 bits per heavy atom. The maximum Gasteiger partial charge on any atom is 0.240 e. The molecular formula is C17H16FN3O3. The molecular weight excluding hydrogens is 313 g/mol. The minimum Gasteiger partial charge on any atom is -0.508 e. The molecule has 0 atom stereocenters. The maximum atomic E-state index is 13.4. The quantitative estimate of drug-likeness (QED) is 0.561. The van der Waals surface area contributed by atoms with Crippen LogP contribution in [0.2, 0.25) is 0 Å². The van der Waals surface area contributed by atoms with Crippen LogP contribution in [-0.2, 0) is 9.59 Å². The molecule has 2 aromatic rings. The lowest BCUT2D eigenvalue weighted by atomic mass is 10.2. The summed E-state index contributed by atoms with van der Waals surface area (Å²) in [6.45, 7) is 0. The van der Waals surface area contributed by atoms with Crippen LogP contribution in [0.25, 0.3) is 0 Å². The molecule has 0 fully saturated rings. The second-order valence-corrected chi connectivity index (χ2v) is 4.92. The number of hydrazone groups is 1. The molecule has 0 heterocycles. The van der Waals surface area contributed by atoms with E-state index in [0.29, 0.717) is 5.56 Å². The molecule has 7 heteroatoms. The van der Waals surface area contributed by atoms with Crippen LogP contribution in [-0.4, -0.2) is 23.1 Å². The SMILES string of the molecule is O=C(CCC(=O)Nc1ccccc1F)NN=Cc1cccc(O)c1. The number of rotatable bonds is 6. The minimum atomic E-state index is -0.536. The fourth-order valence-electron chi connectivity index (χ4n) is 1.84. The van der Waals surface area contributed by atoms with Gasteiger partial charge in [0.15, 0.2) is 0 Å². The zero-order valence-electron chi connectivity index (χ0n) is 12.7. The van der Waals surface area contributed by atoms with Gasteiger partial charge >= 0.3 is 0 Å². The number of carbonyl (C=O) groups is 2. The van der Waals surface area contributed by atoms with Crippen molar-refractivity contribution >= 4 is 23.7 Å². The minimum absolute atomic E-state index is 0.0739. The number of nitrogens with zero attached hydrogens (tertiary/aromatic N) is 1. The van der Waals surface area contributed by atoms with Crippen LogP contribution in [0.3, 0.4) is 0 Å². The normalized spacial score (nSPS) is 10.5. The molecule has 2 amide bonds. The highest BCUT2D eigenvalue weighted by molar-refractivity contribution is 5.93. The molecule has 0 unspecified atom stereocenters. The Labute approximate surface area is 138 Å². The van der Waals surface area contributed by atoms with Crippen molar-refractivity contribution in [1.29, 1.82) is 0 Å². The molecule has 0 aromatic heterocycles. The number of para-hydroxylation sites is 1. The van der Waals surface area contributed by atoms with E-state index in [-0.39, 0.29) is 24.3 Å². The zero-order valence-corrected chi connectivity index (χ0v) is 12.7. The lowest BCUT2D eigenvalue weighted by Gasteiger charge is -2.05. The molecule has 0 radical (unpaired) electrons. The van der Waals surface area contributed by atoms with Crippen LogP contribution >= 0.6 is 0 Å². The van der Waals surface area contributed by atoms with Gasteiger partial charge in [0.2, 0.25) is 11.8 Å². The third kappa shape index (κ3) is 5.53. The first-order chi connectivity index (χ1) is 11.5. The number of halogens is 1. The Morgan fingerprint density at radius 3 is 2.58 bits per heavy atom. The van der Waals surface area contributed by atoms with Crippen molar-refractivity contribution in [3.05, 3.63) is 59.9 Å². The molecule has 0 spiro atoms. The highest BCUT2D eigenvalue weighted by Gasteiger charge is 2.08. The average molecular weight is 329 g/mol. The summed E-state index contributed by atoms with van der Waals surface area (Å²) in [6, 6.07) is 12.1. The van der Waals surface area contributed by atoms with Gasteiger partial charge in [-0.25, -0.2) is 9.82 Å². The lowest BCUT2D eigenvalue weighted by Crippen LogP contribution is -2.20. The van der Waals surface area contributed by atoms with Gasteiger partial charge in [-0.3, -0.25) is 9.59 Å². The van der Waals surface area contributed by atoms with Crippen LogP contribution in [0, 0.1) is 5.82 Å². The number of phenols is 1. The fourth-order valence-corrected chi connectivity index (χ4v) is 1.84. The standard InChI is InChI=1S/C17H16FN3O3/c18-14-6-1-2-7-15(14)20-16(23)8-9-17(24)21-19-11-12-4-3-5-13(22)10-12/h1-7,10-11,22H,8-9H2,(H,20,23)(H,21,24). The Hall–Kier alpha value is -3.22. The number of hydrogen-bond donors (Lipinski definition) is 3. The lowest BCUT2D eigenvalue weighted by molar-refractivity contribution is -0.124. The number of hydrogen-bond acceptors (Lipinski definition) is 4. The first-order valence-corrected chi connectivity index (χ1v) is 7.20. The van der Waals surface area contributed by atoms with Crippen molar-refractivity contribution in [1.82, 2.24) is 5.43 Å². The van der Waals surface area contributed by atoms with E-state index in [2.05, 4.69) is 15.8 Å². The van der Waals surface area contributed by atoms with Gasteiger partial charge < -0.3 is 10.4 Å². The van der Waals surface area contributed by atoms with Gasteiger partial charge in [0.1, 0.15) is 11.6 Å². The molecule has 124 valence electrons. The van der Waals surface area contributed by atoms with Crippen molar-refractivity contribution in [2.24, 2.45) is 5.10 Å². The molecule has 3 N–H and O–H groups in total. The molecule has 0 bridgehead atoms. The van der Waals surface area contributed by atoms with Gasteiger partial charge in [0, 0.05) is 12.8 Å². The van der Waals surface area contributed by atoms with Crippen LogP contribution in [0.5, 0.6) is 5.75 Å². The number of anilines is 1. The second-order valence-electron chi connectivity index (χ2n) is 4.92. The zero-order chi connectivity index (χ0) is 17.4. The van der Waals surface area contributed by atoms with Gasteiger partial charge in [0.05, 0.1) is 11.9 Å². The molecule has 6 nitrogen and oxygen atoms in total. The van der Waals surface area contributed by atoms with Crippen LogP contribution in [0.1, 0.15) is 18.4 Å². The Morgan fingerprint density at radius 2 is 1.83 bits per heavy atom. The largest absolute Gasteiger partial charge is 0.508 e. The number of phenolic OH excluding ortho intramolecular Hbond substituents is 1. The van der Waals surface area contributed by atoms with Crippen molar-refractivity contribution in [2.45, 2.75) is 12.8 Å². The Balaban J connectivity index is 1.75. The summed E-state index contributed by atoms with van der Waals surface area (Å²) in [4.78, 5) is 23.3. The molecule has 24 heavy (non-hydrogen) atoms. The van der Waals surface area contributed by atoms with E-state index in [4.69, 9.17) is 0 Å². The fraction of sp³-hybridized carbons (Fsp3) is 0.118. The third-order valence-corrected chi connectivity index (χ3v) is 3.00. The molecule has 0 aliphatic heterocycles. The number of benzene rings is 2. The van der Waals surface area contributed by atoms with E-state index in [1.165, 1.54) is 36.5 Å². The molecule has 0 aliphatic carbocycles. The molecule has 0 saturated carbocycles. The van der Waals surface area contributed by atoms with Crippen molar-refractivity contribution < 1.29 is 19.1 Å². The summed E-state index contributed by atoms with van der Waals surface area (Å²) in [6.07, 6.45) is 1.19. The molecule has 2 aromatic carbocycles. The summed E-state index contributed by atoms with van der Waals surface area (Å²) < 4.78 is 13.4. The Bertz CT molecular complexity index is 762. The van der Waals surface area contributed by atoms with Gasteiger partial charge in [-0.05, 0) is 29.8 Å². The maximum absolute atomic E-state index is 13.4. The van der Waals surface area contributed by atoms with Gasteiger partial charge in [-0.1, -0.05) is 24.3 Å². The molecule has 0 aliphatic rings. The number of nitrogens with one attached hydrogen (secondary N) is 2. The Kier molecular flexibility index (Phi) is 6.01. The van der Waals surface area contributed by atoms with Crippen LogP contribution in [0.15, 0.2) is 53.6 Å². The summed E-state index contributed by atoms with van der Waals surface area (Å²) in [7, 11) is 0. The summed E-state index contributed by atoms with van der Waals surface area (Å²) >= 11 is 0. The highest BCUT2D eigenvalue weighted by atomic mass is 19.1. The topological polar surface area (TPSA) is 90.8 Å². The van der Waals surface area contributed by atoms with Crippen molar-refractivity contribution in [2.75, 3.05) is 5.32 Å². The van der Waals surface area contributed by atoms with E-state index >= 15 is 0 Å². The van der Waals surface area contributed by atoms with E-state index < -0.39 is 17.6 Å². The first-order valence-electron chi connectivity index (χ1n) is 7.20. The van der Waals surface area contributed by atoms with Gasteiger partial charge in [-0.2, -0.15) is 5.10 Å². The number of carbonyl (C=O) groups excluding carboxylic acids is 2. The summed E-state index contributed by atoms with van der Waals surface area (Å²) in [5.74, 6) is -1.36. The highest BCUT2D eigenvalue weighted by Crippen LogP contribution is 2.12. The van der Waals surface area contributed by atoms with Crippen LogP contribution in [0.4, 0.5) is 10.1 Å². The average Bonchev–Trinajstić information content (AvgIpc) is 2.55. The molecule has 0 saturated heterocycles. The van der Waals surface area contributed by atoms with Gasteiger partial charge in [0.25, 0.3) is 0 Å².